The third-order valence-corrected chi connectivity index (χ3v) is 4.23. The second kappa shape index (κ2) is 7.66. The number of ether oxygens (including phenoxy) is 1. The highest BCUT2D eigenvalue weighted by atomic mass is 35.5. The third-order valence-electron chi connectivity index (χ3n) is 4.23. The normalized spacial score (nSPS) is 18.1. The molecule has 0 aliphatic carbocycles. The fourth-order valence-corrected chi connectivity index (χ4v) is 3.01. The van der Waals surface area contributed by atoms with Gasteiger partial charge in [0.2, 0.25) is 0 Å². The van der Waals surface area contributed by atoms with Gasteiger partial charge in [0.1, 0.15) is 0 Å². The van der Waals surface area contributed by atoms with Gasteiger partial charge in [0, 0.05) is 37.6 Å². The van der Waals surface area contributed by atoms with Gasteiger partial charge in [0.05, 0.1) is 0 Å². The maximum atomic E-state index is 12.4. The fourth-order valence-electron chi connectivity index (χ4n) is 3.01. The highest BCUT2D eigenvalue weighted by Gasteiger charge is 2.19. The summed E-state index contributed by atoms with van der Waals surface area (Å²) in [5.41, 5.74) is 3.12. The van der Waals surface area contributed by atoms with Crippen LogP contribution in [0.5, 0.6) is 0 Å². The van der Waals surface area contributed by atoms with Crippen molar-refractivity contribution in [1.82, 2.24) is 5.32 Å². The molecule has 2 heterocycles. The zero-order valence-electron chi connectivity index (χ0n) is 12.2. The van der Waals surface area contributed by atoms with Crippen molar-refractivity contribution >= 4 is 24.0 Å². The fraction of sp³-hybridized carbons (Fsp3) is 0.562. The average Bonchev–Trinajstić information content (AvgIpc) is 2.53. The Morgan fingerprint density at radius 3 is 2.95 bits per heavy atom. The first-order valence-corrected chi connectivity index (χ1v) is 7.56. The molecule has 1 aromatic rings. The third kappa shape index (κ3) is 3.89. The number of carbonyl (C=O) groups excluding carboxylic acids is 1. The van der Waals surface area contributed by atoms with Crippen LogP contribution in [-0.2, 0) is 11.2 Å². The summed E-state index contributed by atoms with van der Waals surface area (Å²) in [4.78, 5) is 12.4. The van der Waals surface area contributed by atoms with Gasteiger partial charge in [-0.3, -0.25) is 4.79 Å². The molecule has 2 N–H and O–H groups in total. The van der Waals surface area contributed by atoms with Crippen LogP contribution in [0.15, 0.2) is 18.2 Å². The lowest BCUT2D eigenvalue weighted by Gasteiger charge is -2.23. The molecule has 0 saturated carbocycles. The monoisotopic (exact) mass is 310 g/mol. The summed E-state index contributed by atoms with van der Waals surface area (Å²) >= 11 is 0. The molecule has 0 bridgehead atoms. The van der Waals surface area contributed by atoms with E-state index in [2.05, 4.69) is 16.7 Å². The molecule has 0 aromatic heterocycles. The Labute approximate surface area is 132 Å². The van der Waals surface area contributed by atoms with E-state index in [9.17, 15) is 4.79 Å². The SMILES string of the molecule is Cl.O=C(NCC1CCOCC1)c1cccc2c1CCCN2. The molecule has 0 unspecified atom stereocenters. The second-order valence-electron chi connectivity index (χ2n) is 5.63. The maximum Gasteiger partial charge on any atom is 0.251 e. The Hall–Kier alpha value is -1.26. The molecule has 21 heavy (non-hydrogen) atoms. The smallest absolute Gasteiger partial charge is 0.251 e. The zero-order chi connectivity index (χ0) is 13.8. The van der Waals surface area contributed by atoms with Gasteiger partial charge in [-0.05, 0) is 49.3 Å². The topological polar surface area (TPSA) is 50.4 Å². The van der Waals surface area contributed by atoms with E-state index in [0.717, 1.165) is 63.2 Å². The summed E-state index contributed by atoms with van der Waals surface area (Å²) in [5.74, 6) is 0.627. The summed E-state index contributed by atoms with van der Waals surface area (Å²) < 4.78 is 5.34. The van der Waals surface area contributed by atoms with E-state index in [1.54, 1.807) is 0 Å². The summed E-state index contributed by atoms with van der Waals surface area (Å²) in [6.07, 6.45) is 4.18. The Bertz CT molecular complexity index is 487. The first-order valence-electron chi connectivity index (χ1n) is 7.56. The molecule has 1 fully saturated rings. The number of amides is 1. The number of benzene rings is 1. The van der Waals surface area contributed by atoms with Crippen molar-refractivity contribution in [3.8, 4) is 0 Å². The van der Waals surface area contributed by atoms with Crippen molar-refractivity contribution < 1.29 is 9.53 Å². The van der Waals surface area contributed by atoms with E-state index in [-0.39, 0.29) is 18.3 Å². The van der Waals surface area contributed by atoms with E-state index in [1.165, 1.54) is 5.56 Å². The predicted octanol–water partition coefficient (Wildman–Crippen LogP) is 2.62. The number of anilines is 1. The van der Waals surface area contributed by atoms with E-state index in [4.69, 9.17) is 4.74 Å². The van der Waals surface area contributed by atoms with E-state index >= 15 is 0 Å². The summed E-state index contributed by atoms with van der Waals surface area (Å²) in [7, 11) is 0. The van der Waals surface area contributed by atoms with Crippen LogP contribution in [0.4, 0.5) is 5.69 Å². The van der Waals surface area contributed by atoms with Crippen LogP contribution in [0.1, 0.15) is 35.2 Å². The second-order valence-corrected chi connectivity index (χ2v) is 5.63. The zero-order valence-corrected chi connectivity index (χ0v) is 13.0. The van der Waals surface area contributed by atoms with Crippen LogP contribution >= 0.6 is 12.4 Å². The first-order chi connectivity index (χ1) is 9.84. The molecular formula is C16H23ClN2O2. The lowest BCUT2D eigenvalue weighted by Crippen LogP contribution is -2.33. The molecule has 2 aliphatic rings. The van der Waals surface area contributed by atoms with Crippen LogP contribution in [0.3, 0.4) is 0 Å². The van der Waals surface area contributed by atoms with Crippen LogP contribution in [0.2, 0.25) is 0 Å². The molecule has 1 saturated heterocycles. The molecule has 1 aromatic carbocycles. The summed E-state index contributed by atoms with van der Waals surface area (Å²) in [5, 5.41) is 6.46. The largest absolute Gasteiger partial charge is 0.385 e. The van der Waals surface area contributed by atoms with Crippen molar-refractivity contribution in [2.24, 2.45) is 5.92 Å². The molecule has 0 radical (unpaired) electrons. The molecule has 116 valence electrons. The molecule has 5 heteroatoms. The van der Waals surface area contributed by atoms with Crippen LogP contribution in [-0.4, -0.2) is 32.2 Å². The Morgan fingerprint density at radius 1 is 1.33 bits per heavy atom. The van der Waals surface area contributed by atoms with E-state index < -0.39 is 0 Å². The van der Waals surface area contributed by atoms with Gasteiger partial charge in [0.25, 0.3) is 5.91 Å². The summed E-state index contributed by atoms with van der Waals surface area (Å²) in [6, 6.07) is 5.95. The van der Waals surface area contributed by atoms with Gasteiger partial charge in [-0.25, -0.2) is 0 Å². The summed E-state index contributed by atoms with van der Waals surface area (Å²) in [6.45, 7) is 3.41. The number of carbonyl (C=O) groups is 1. The number of hydrogen-bond acceptors (Lipinski definition) is 3. The lowest BCUT2D eigenvalue weighted by atomic mass is 9.96. The highest BCUT2D eigenvalue weighted by Crippen LogP contribution is 2.25. The van der Waals surface area contributed by atoms with Crippen molar-refractivity contribution in [2.75, 3.05) is 31.6 Å². The predicted molar refractivity (Wildman–Crippen MR) is 86.4 cm³/mol. The molecule has 1 amide bonds. The number of nitrogens with one attached hydrogen (secondary N) is 2. The quantitative estimate of drug-likeness (QED) is 0.902. The van der Waals surface area contributed by atoms with Crippen LogP contribution in [0, 0.1) is 5.92 Å². The van der Waals surface area contributed by atoms with Crippen LogP contribution < -0.4 is 10.6 Å². The van der Waals surface area contributed by atoms with Crippen molar-refractivity contribution in [3.63, 3.8) is 0 Å². The number of hydrogen-bond donors (Lipinski definition) is 2. The van der Waals surface area contributed by atoms with Gasteiger partial charge < -0.3 is 15.4 Å². The highest BCUT2D eigenvalue weighted by molar-refractivity contribution is 5.97. The maximum absolute atomic E-state index is 12.4. The number of halogens is 1. The standard InChI is InChI=1S/C16H22N2O2.ClH/c19-16(18-11-12-6-9-20-10-7-12)14-3-1-5-15-13(14)4-2-8-17-15;/h1,3,5,12,17H,2,4,6-11H2,(H,18,19);1H. The van der Waals surface area contributed by atoms with Crippen molar-refractivity contribution in [3.05, 3.63) is 29.3 Å². The van der Waals surface area contributed by atoms with Gasteiger partial charge in [-0.2, -0.15) is 0 Å². The molecule has 0 spiro atoms. The van der Waals surface area contributed by atoms with Gasteiger partial charge >= 0.3 is 0 Å². The first kappa shape index (κ1) is 16.1. The van der Waals surface area contributed by atoms with Gasteiger partial charge in [-0.1, -0.05) is 6.07 Å². The van der Waals surface area contributed by atoms with Crippen molar-refractivity contribution in [2.45, 2.75) is 25.7 Å². The molecular weight excluding hydrogens is 288 g/mol. The lowest BCUT2D eigenvalue weighted by molar-refractivity contribution is 0.0642. The minimum absolute atomic E-state index is 0. The molecule has 4 nitrogen and oxygen atoms in total. The minimum atomic E-state index is 0. The molecule has 2 aliphatic heterocycles. The number of fused-ring (bicyclic) bond motifs is 1. The Morgan fingerprint density at radius 2 is 2.14 bits per heavy atom. The average molecular weight is 311 g/mol. The van der Waals surface area contributed by atoms with E-state index in [0.29, 0.717) is 5.92 Å². The van der Waals surface area contributed by atoms with E-state index in [1.807, 2.05) is 12.1 Å². The Kier molecular flexibility index (Phi) is 5.88. The van der Waals surface area contributed by atoms with Crippen molar-refractivity contribution in [1.29, 1.82) is 0 Å². The molecule has 3 rings (SSSR count). The van der Waals surface area contributed by atoms with Gasteiger partial charge in [-0.15, -0.1) is 12.4 Å². The number of rotatable bonds is 3. The van der Waals surface area contributed by atoms with Crippen LogP contribution in [0.25, 0.3) is 0 Å². The minimum Gasteiger partial charge on any atom is -0.385 e. The Balaban J connectivity index is 0.00000161. The van der Waals surface area contributed by atoms with Gasteiger partial charge in [0.15, 0.2) is 0 Å². The molecule has 0 atom stereocenters.